The van der Waals surface area contributed by atoms with Crippen LogP contribution in [0, 0.1) is 28.6 Å². The van der Waals surface area contributed by atoms with Crippen molar-refractivity contribution in [3.63, 3.8) is 0 Å². The lowest BCUT2D eigenvalue weighted by atomic mass is 9.67. The molecule has 2 rings (SSSR count). The lowest BCUT2D eigenvalue weighted by Gasteiger charge is -2.41. The van der Waals surface area contributed by atoms with Crippen molar-refractivity contribution in [1.29, 1.82) is 5.26 Å². The maximum atomic E-state index is 12.3. The van der Waals surface area contributed by atoms with E-state index in [2.05, 4.69) is 32.2 Å². The zero-order chi connectivity index (χ0) is 15.7. The summed E-state index contributed by atoms with van der Waals surface area (Å²) in [6, 6.07) is 2.38. The fourth-order valence-corrected chi connectivity index (χ4v) is 3.42. The Balaban J connectivity index is 1.90. The summed E-state index contributed by atoms with van der Waals surface area (Å²) in [6.45, 7) is 9.36. The summed E-state index contributed by atoms with van der Waals surface area (Å²) < 4.78 is 5.46. The standard InChI is InChI=1S/C17H28N2O2/c1-5-21-14-10-13(14)15(20)19-17(11-18)8-6-12(7-9-17)16(2,3)4/h12-14H,5-10H2,1-4H3,(H,19,20). The van der Waals surface area contributed by atoms with Crippen LogP contribution in [0.15, 0.2) is 0 Å². The Labute approximate surface area is 128 Å². The zero-order valence-electron chi connectivity index (χ0n) is 13.7. The molecule has 2 saturated carbocycles. The molecule has 4 nitrogen and oxygen atoms in total. The van der Waals surface area contributed by atoms with Crippen LogP contribution in [0.4, 0.5) is 0 Å². The second-order valence-electron chi connectivity index (χ2n) is 7.66. The van der Waals surface area contributed by atoms with Crippen molar-refractivity contribution in [2.45, 2.75) is 71.4 Å². The third-order valence-corrected chi connectivity index (χ3v) is 5.09. The van der Waals surface area contributed by atoms with E-state index in [9.17, 15) is 10.1 Å². The molecule has 2 aliphatic carbocycles. The molecule has 0 aliphatic heterocycles. The van der Waals surface area contributed by atoms with E-state index in [-0.39, 0.29) is 23.3 Å². The van der Waals surface area contributed by atoms with Crippen molar-refractivity contribution in [2.75, 3.05) is 6.61 Å². The van der Waals surface area contributed by atoms with Gasteiger partial charge in [0.2, 0.25) is 5.91 Å². The SMILES string of the molecule is CCOC1CC1C(=O)NC1(C#N)CCC(C(C)(C)C)CC1. The van der Waals surface area contributed by atoms with Crippen LogP contribution in [-0.4, -0.2) is 24.2 Å². The van der Waals surface area contributed by atoms with Crippen LogP contribution in [0.5, 0.6) is 0 Å². The Hall–Kier alpha value is -1.08. The minimum absolute atomic E-state index is 0.00390. The van der Waals surface area contributed by atoms with Crippen molar-refractivity contribution in [3.8, 4) is 6.07 Å². The first-order chi connectivity index (χ1) is 9.81. The molecule has 0 radical (unpaired) electrons. The number of rotatable bonds is 4. The first-order valence-electron chi connectivity index (χ1n) is 8.16. The van der Waals surface area contributed by atoms with Gasteiger partial charge in [0.15, 0.2) is 0 Å². The molecule has 2 fully saturated rings. The number of amides is 1. The van der Waals surface area contributed by atoms with Gasteiger partial charge in [-0.2, -0.15) is 5.26 Å². The first-order valence-corrected chi connectivity index (χ1v) is 8.16. The van der Waals surface area contributed by atoms with Gasteiger partial charge >= 0.3 is 0 Å². The molecule has 0 spiro atoms. The maximum Gasteiger partial charge on any atom is 0.227 e. The molecule has 0 bridgehead atoms. The Morgan fingerprint density at radius 3 is 2.48 bits per heavy atom. The predicted molar refractivity (Wildman–Crippen MR) is 81.4 cm³/mol. The van der Waals surface area contributed by atoms with Crippen LogP contribution in [0.1, 0.15) is 59.8 Å². The van der Waals surface area contributed by atoms with E-state index in [4.69, 9.17) is 4.74 Å². The maximum absolute atomic E-state index is 12.3. The lowest BCUT2D eigenvalue weighted by molar-refractivity contribution is -0.125. The van der Waals surface area contributed by atoms with E-state index < -0.39 is 5.54 Å². The van der Waals surface area contributed by atoms with Gasteiger partial charge in [-0.15, -0.1) is 0 Å². The van der Waals surface area contributed by atoms with E-state index in [0.29, 0.717) is 12.5 Å². The number of carbonyl (C=O) groups is 1. The summed E-state index contributed by atoms with van der Waals surface area (Å²) >= 11 is 0. The van der Waals surface area contributed by atoms with Gasteiger partial charge in [-0.3, -0.25) is 4.79 Å². The summed E-state index contributed by atoms with van der Waals surface area (Å²) in [5, 5.41) is 12.6. The number of ether oxygens (including phenoxy) is 1. The van der Waals surface area contributed by atoms with Crippen molar-refractivity contribution in [1.82, 2.24) is 5.32 Å². The van der Waals surface area contributed by atoms with Gasteiger partial charge in [0.25, 0.3) is 0 Å². The average molecular weight is 292 g/mol. The van der Waals surface area contributed by atoms with Gasteiger partial charge < -0.3 is 10.1 Å². The molecule has 1 amide bonds. The summed E-state index contributed by atoms with van der Waals surface area (Å²) in [5.74, 6) is 0.590. The van der Waals surface area contributed by atoms with Crippen LogP contribution in [0.3, 0.4) is 0 Å². The molecule has 0 aromatic heterocycles. The molecule has 2 unspecified atom stereocenters. The van der Waals surface area contributed by atoms with Crippen molar-refractivity contribution < 1.29 is 9.53 Å². The van der Waals surface area contributed by atoms with E-state index >= 15 is 0 Å². The molecule has 1 N–H and O–H groups in total. The third kappa shape index (κ3) is 3.77. The minimum Gasteiger partial charge on any atom is -0.378 e. The predicted octanol–water partition coefficient (Wildman–Crippen LogP) is 3.03. The van der Waals surface area contributed by atoms with Crippen molar-refractivity contribution >= 4 is 5.91 Å². The minimum atomic E-state index is -0.655. The van der Waals surface area contributed by atoms with Crippen molar-refractivity contribution in [2.24, 2.45) is 17.3 Å². The van der Waals surface area contributed by atoms with Crippen LogP contribution in [-0.2, 0) is 9.53 Å². The van der Waals surface area contributed by atoms with Crippen LogP contribution in [0.25, 0.3) is 0 Å². The van der Waals surface area contributed by atoms with Crippen molar-refractivity contribution in [3.05, 3.63) is 0 Å². The molecule has 0 aromatic carbocycles. The molecule has 2 aliphatic rings. The Kier molecular flexibility index (Phi) is 4.63. The van der Waals surface area contributed by atoms with E-state index in [1.807, 2.05) is 6.92 Å². The molecule has 0 saturated heterocycles. The fraction of sp³-hybridized carbons (Fsp3) is 0.882. The molecule has 0 aromatic rings. The highest BCUT2D eigenvalue weighted by Crippen LogP contribution is 2.42. The highest BCUT2D eigenvalue weighted by molar-refractivity contribution is 5.83. The quantitative estimate of drug-likeness (QED) is 0.866. The van der Waals surface area contributed by atoms with Gasteiger partial charge in [-0.1, -0.05) is 20.8 Å². The highest BCUT2D eigenvalue weighted by atomic mass is 16.5. The number of hydrogen-bond acceptors (Lipinski definition) is 3. The number of hydrogen-bond donors (Lipinski definition) is 1. The topological polar surface area (TPSA) is 62.1 Å². The largest absolute Gasteiger partial charge is 0.378 e. The molecule has 4 heteroatoms. The molecule has 2 atom stereocenters. The third-order valence-electron chi connectivity index (χ3n) is 5.09. The zero-order valence-corrected chi connectivity index (χ0v) is 13.7. The Morgan fingerprint density at radius 1 is 1.38 bits per heavy atom. The Morgan fingerprint density at radius 2 is 2.00 bits per heavy atom. The number of nitrogens with one attached hydrogen (secondary N) is 1. The number of nitrogens with zero attached hydrogens (tertiary/aromatic N) is 1. The summed E-state index contributed by atoms with van der Waals surface area (Å²) in [6.07, 6.45) is 4.42. The molecule has 21 heavy (non-hydrogen) atoms. The summed E-state index contributed by atoms with van der Waals surface area (Å²) in [4.78, 5) is 12.3. The second-order valence-corrected chi connectivity index (χ2v) is 7.66. The normalized spacial score (nSPS) is 35.9. The fourth-order valence-electron chi connectivity index (χ4n) is 3.42. The van der Waals surface area contributed by atoms with Gasteiger partial charge in [-0.25, -0.2) is 0 Å². The lowest BCUT2D eigenvalue weighted by Crippen LogP contribution is -2.51. The van der Waals surface area contributed by atoms with E-state index in [1.54, 1.807) is 0 Å². The van der Waals surface area contributed by atoms with Gasteiger partial charge in [0.05, 0.1) is 18.1 Å². The van der Waals surface area contributed by atoms with Gasteiger partial charge in [0.1, 0.15) is 5.54 Å². The highest BCUT2D eigenvalue weighted by Gasteiger charge is 2.47. The number of nitriles is 1. The van der Waals surface area contributed by atoms with E-state index in [0.717, 1.165) is 32.1 Å². The van der Waals surface area contributed by atoms with Gasteiger partial charge in [0, 0.05) is 6.61 Å². The van der Waals surface area contributed by atoms with Crippen LogP contribution in [0.2, 0.25) is 0 Å². The van der Waals surface area contributed by atoms with Crippen LogP contribution < -0.4 is 5.32 Å². The summed E-state index contributed by atoms with van der Waals surface area (Å²) in [5.41, 5.74) is -0.375. The monoisotopic (exact) mass is 292 g/mol. The number of carbonyl (C=O) groups excluding carboxylic acids is 1. The summed E-state index contributed by atoms with van der Waals surface area (Å²) in [7, 11) is 0. The first kappa shape index (κ1) is 16.3. The second kappa shape index (κ2) is 5.96. The molecule has 0 heterocycles. The molecular formula is C17H28N2O2. The van der Waals surface area contributed by atoms with E-state index in [1.165, 1.54) is 0 Å². The molecule has 118 valence electrons. The Bertz CT molecular complexity index is 425. The molecular weight excluding hydrogens is 264 g/mol. The average Bonchev–Trinajstić information content (AvgIpc) is 3.18. The van der Waals surface area contributed by atoms with Crippen LogP contribution >= 0.6 is 0 Å². The smallest absolute Gasteiger partial charge is 0.227 e. The van der Waals surface area contributed by atoms with Gasteiger partial charge in [-0.05, 0) is 50.4 Å².